The van der Waals surface area contributed by atoms with Crippen LogP contribution >= 0.6 is 0 Å². The van der Waals surface area contributed by atoms with Crippen LogP contribution in [0.5, 0.6) is 0 Å². The molecule has 9 heteroatoms. The van der Waals surface area contributed by atoms with Gasteiger partial charge < -0.3 is 33.7 Å². The molecule has 35 heavy (non-hydrogen) atoms. The molecule has 1 amide bonds. The number of rotatable bonds is 26. The highest BCUT2D eigenvalue weighted by Gasteiger charge is 2.18. The van der Waals surface area contributed by atoms with Crippen molar-refractivity contribution in [2.45, 2.75) is 53.9 Å². The van der Waals surface area contributed by atoms with Crippen LogP contribution in [0.1, 0.15) is 53.9 Å². The Bertz CT molecular complexity index is 504. The van der Waals surface area contributed by atoms with E-state index in [1.807, 2.05) is 13.8 Å². The number of ether oxygens (including phenoxy) is 6. The van der Waals surface area contributed by atoms with E-state index in [0.29, 0.717) is 85.1 Å². The van der Waals surface area contributed by atoms with Gasteiger partial charge in [-0.1, -0.05) is 41.0 Å². The number of hydrogen-bond donors (Lipinski definition) is 1. The van der Waals surface area contributed by atoms with Gasteiger partial charge in [-0.25, -0.2) is 0 Å². The number of carbonyl (C=O) groups excluding carboxylic acids is 2. The summed E-state index contributed by atoms with van der Waals surface area (Å²) in [4.78, 5) is 23.6. The molecule has 0 aliphatic carbocycles. The molecule has 0 aliphatic rings. The smallest absolute Gasteiger partial charge is 0.223 e. The van der Waals surface area contributed by atoms with Gasteiger partial charge >= 0.3 is 0 Å². The summed E-state index contributed by atoms with van der Waals surface area (Å²) >= 11 is 0. The molecule has 1 N–H and O–H groups in total. The van der Waals surface area contributed by atoms with Gasteiger partial charge in [-0.2, -0.15) is 0 Å². The number of Topliss-reactive ketones (excluding diaryl/α,β-unsaturated/α-hetero) is 1. The number of carbonyl (C=O) groups is 2. The molecule has 0 saturated heterocycles. The van der Waals surface area contributed by atoms with Crippen molar-refractivity contribution in [1.82, 2.24) is 5.32 Å². The summed E-state index contributed by atoms with van der Waals surface area (Å²) < 4.78 is 32.4. The van der Waals surface area contributed by atoms with Gasteiger partial charge in [-0.3, -0.25) is 9.59 Å². The highest BCUT2D eigenvalue weighted by molar-refractivity contribution is 5.81. The van der Waals surface area contributed by atoms with Gasteiger partial charge in [0.25, 0.3) is 0 Å². The third kappa shape index (κ3) is 21.9. The van der Waals surface area contributed by atoms with Crippen molar-refractivity contribution in [1.29, 1.82) is 0 Å². The van der Waals surface area contributed by atoms with Crippen LogP contribution in [0.2, 0.25) is 0 Å². The van der Waals surface area contributed by atoms with E-state index in [4.69, 9.17) is 28.4 Å². The van der Waals surface area contributed by atoms with Crippen molar-refractivity contribution in [2.24, 2.45) is 17.8 Å². The predicted molar refractivity (Wildman–Crippen MR) is 136 cm³/mol. The largest absolute Gasteiger partial charge is 0.377 e. The topological polar surface area (TPSA) is 102 Å². The fraction of sp³-hybridized carbons (Fsp3) is 0.923. The zero-order valence-corrected chi connectivity index (χ0v) is 22.8. The molecule has 2 atom stereocenters. The summed E-state index contributed by atoms with van der Waals surface area (Å²) in [5.41, 5.74) is 0. The molecule has 0 aromatic carbocycles. The van der Waals surface area contributed by atoms with Crippen molar-refractivity contribution in [3.05, 3.63) is 0 Å². The van der Waals surface area contributed by atoms with Crippen LogP contribution in [0.15, 0.2) is 0 Å². The van der Waals surface area contributed by atoms with Crippen molar-refractivity contribution in [3.63, 3.8) is 0 Å². The number of hydrogen-bond acceptors (Lipinski definition) is 8. The molecule has 0 radical (unpaired) electrons. The quantitative estimate of drug-likeness (QED) is 0.179. The molecule has 0 aromatic heterocycles. The van der Waals surface area contributed by atoms with Gasteiger partial charge in [0.15, 0.2) is 5.78 Å². The van der Waals surface area contributed by atoms with Crippen molar-refractivity contribution in [3.8, 4) is 0 Å². The average molecular weight is 506 g/mol. The maximum Gasteiger partial charge on any atom is 0.223 e. The lowest BCUT2D eigenvalue weighted by Gasteiger charge is -2.18. The van der Waals surface area contributed by atoms with Gasteiger partial charge in [0.05, 0.1) is 72.7 Å². The van der Waals surface area contributed by atoms with Crippen LogP contribution in [-0.2, 0) is 38.0 Å². The van der Waals surface area contributed by atoms with Crippen LogP contribution in [-0.4, -0.2) is 97.5 Å². The second kappa shape index (κ2) is 24.6. The molecule has 0 aliphatic heterocycles. The first kappa shape index (κ1) is 33.9. The first-order valence-electron chi connectivity index (χ1n) is 13.2. The van der Waals surface area contributed by atoms with Gasteiger partial charge in [-0.15, -0.1) is 0 Å². The maximum absolute atomic E-state index is 12.2. The first-order chi connectivity index (χ1) is 16.9. The molecule has 9 nitrogen and oxygen atoms in total. The van der Waals surface area contributed by atoms with E-state index < -0.39 is 0 Å². The minimum atomic E-state index is 0.00157. The Morgan fingerprint density at radius 2 is 1.06 bits per heavy atom. The molecule has 208 valence electrons. The third-order valence-electron chi connectivity index (χ3n) is 5.54. The second-order valence-electron chi connectivity index (χ2n) is 8.88. The van der Waals surface area contributed by atoms with Gasteiger partial charge in [-0.05, 0) is 18.8 Å². The molecule has 0 fully saturated rings. The molecule has 0 heterocycles. The van der Waals surface area contributed by atoms with E-state index in [1.54, 1.807) is 0 Å². The van der Waals surface area contributed by atoms with Gasteiger partial charge in [0, 0.05) is 18.4 Å². The van der Waals surface area contributed by atoms with Crippen molar-refractivity contribution >= 4 is 11.7 Å². The van der Waals surface area contributed by atoms with E-state index >= 15 is 0 Å². The molecule has 0 spiro atoms. The number of ketones is 1. The van der Waals surface area contributed by atoms with Gasteiger partial charge in [0.2, 0.25) is 5.91 Å². The van der Waals surface area contributed by atoms with Gasteiger partial charge in [0.1, 0.15) is 6.61 Å². The molecule has 0 bridgehead atoms. The molecular formula is C26H51NO8. The molecule has 0 aromatic rings. The Labute approximate surface area is 212 Å². The minimum Gasteiger partial charge on any atom is -0.377 e. The fourth-order valence-electron chi connectivity index (χ4n) is 2.94. The second-order valence-corrected chi connectivity index (χ2v) is 8.88. The summed E-state index contributed by atoms with van der Waals surface area (Å²) in [6.07, 6.45) is 2.91. The molecule has 0 rings (SSSR count). The zero-order chi connectivity index (χ0) is 26.2. The molecule has 2 unspecified atom stereocenters. The highest BCUT2D eigenvalue weighted by Crippen LogP contribution is 2.18. The normalized spacial score (nSPS) is 13.2. The predicted octanol–water partition coefficient (Wildman–Crippen LogP) is 2.89. The first-order valence-corrected chi connectivity index (χ1v) is 13.2. The van der Waals surface area contributed by atoms with E-state index in [0.717, 1.165) is 19.3 Å². The number of amides is 1. The van der Waals surface area contributed by atoms with Crippen LogP contribution in [0.4, 0.5) is 0 Å². The lowest BCUT2D eigenvalue weighted by atomic mass is 9.91. The van der Waals surface area contributed by atoms with Crippen LogP contribution in [0.25, 0.3) is 0 Å². The summed E-state index contributed by atoms with van der Waals surface area (Å²) in [5, 5.41) is 2.96. The lowest BCUT2D eigenvalue weighted by molar-refractivity contribution is -0.127. The van der Waals surface area contributed by atoms with E-state index in [9.17, 15) is 9.59 Å². The van der Waals surface area contributed by atoms with Crippen LogP contribution in [0, 0.1) is 17.8 Å². The standard InChI is InChI=1S/C26H51NO8/c1-6-23(5)20-24(7-2)26(29)27-8-9-30-10-11-31-12-13-32-14-15-33-16-17-34-18-19-35-21-25(28)22(3)4/h22-24H,6-21H2,1-5H3,(H,27,29). The minimum absolute atomic E-state index is 0.00157. The zero-order valence-electron chi connectivity index (χ0n) is 22.8. The number of nitrogens with one attached hydrogen (secondary N) is 1. The average Bonchev–Trinajstić information content (AvgIpc) is 2.85. The molecular weight excluding hydrogens is 454 g/mol. The lowest BCUT2D eigenvalue weighted by Crippen LogP contribution is -2.34. The summed E-state index contributed by atoms with van der Waals surface area (Å²) in [6.45, 7) is 16.0. The van der Waals surface area contributed by atoms with Crippen LogP contribution in [0.3, 0.4) is 0 Å². The van der Waals surface area contributed by atoms with E-state index in [1.165, 1.54) is 0 Å². The summed E-state index contributed by atoms with van der Waals surface area (Å²) in [6, 6.07) is 0. The highest BCUT2D eigenvalue weighted by atomic mass is 16.6. The SMILES string of the molecule is CCC(C)CC(CC)C(=O)NCCOCCOCCOCCOCCOCCOCC(=O)C(C)C. The fourth-order valence-corrected chi connectivity index (χ4v) is 2.94. The van der Waals surface area contributed by atoms with E-state index in [2.05, 4.69) is 26.1 Å². The van der Waals surface area contributed by atoms with Crippen molar-refractivity contribution in [2.75, 3.05) is 85.8 Å². The Balaban J connectivity index is 3.30. The Morgan fingerprint density at radius 3 is 1.46 bits per heavy atom. The Kier molecular flexibility index (Phi) is 23.8. The van der Waals surface area contributed by atoms with E-state index in [-0.39, 0.29) is 30.1 Å². The summed E-state index contributed by atoms with van der Waals surface area (Å²) in [7, 11) is 0. The van der Waals surface area contributed by atoms with Crippen molar-refractivity contribution < 1.29 is 38.0 Å². The summed E-state index contributed by atoms with van der Waals surface area (Å²) in [5.74, 6) is 0.886. The third-order valence-corrected chi connectivity index (χ3v) is 5.54. The van der Waals surface area contributed by atoms with Crippen LogP contribution < -0.4 is 5.32 Å². The Morgan fingerprint density at radius 1 is 0.629 bits per heavy atom. The molecule has 0 saturated carbocycles. The maximum atomic E-state index is 12.2. The Hall–Kier alpha value is -1.10. The monoisotopic (exact) mass is 505 g/mol.